The van der Waals surface area contributed by atoms with Crippen molar-refractivity contribution >= 4 is 5.97 Å². The Kier molecular flexibility index (Phi) is 2.96. The minimum Gasteiger partial charge on any atom is -0.481 e. The van der Waals surface area contributed by atoms with Gasteiger partial charge in [0, 0.05) is 12.8 Å². The highest BCUT2D eigenvalue weighted by atomic mass is 16.7. The zero-order chi connectivity index (χ0) is 12.7. The molecule has 1 aliphatic carbocycles. The SMILES string of the molecule is CC(C)(C(=O)O)C1(O)CCC2(CC1)OCCO2. The lowest BCUT2D eigenvalue weighted by molar-refractivity contribution is -0.222. The van der Waals surface area contributed by atoms with E-state index < -0.39 is 22.8 Å². The fourth-order valence-electron chi connectivity index (χ4n) is 2.65. The van der Waals surface area contributed by atoms with Gasteiger partial charge in [0.05, 0.1) is 24.2 Å². The minimum atomic E-state index is -1.18. The molecule has 1 aliphatic heterocycles. The summed E-state index contributed by atoms with van der Waals surface area (Å²) in [5.41, 5.74) is -2.33. The summed E-state index contributed by atoms with van der Waals surface area (Å²) in [6.07, 6.45) is 1.90. The average Bonchev–Trinajstić information content (AvgIpc) is 2.71. The zero-order valence-electron chi connectivity index (χ0n) is 10.4. The fraction of sp³-hybridized carbons (Fsp3) is 0.917. The topological polar surface area (TPSA) is 76.0 Å². The molecule has 0 bridgehead atoms. The number of carboxylic acids is 1. The lowest BCUT2D eigenvalue weighted by atomic mass is 9.66. The molecule has 0 radical (unpaired) electrons. The smallest absolute Gasteiger partial charge is 0.312 e. The van der Waals surface area contributed by atoms with E-state index in [4.69, 9.17) is 9.47 Å². The Labute approximate surface area is 101 Å². The summed E-state index contributed by atoms with van der Waals surface area (Å²) in [6, 6.07) is 0. The highest BCUT2D eigenvalue weighted by molar-refractivity contribution is 5.75. The van der Waals surface area contributed by atoms with Gasteiger partial charge in [-0.15, -0.1) is 0 Å². The Hall–Kier alpha value is -0.650. The molecule has 5 nitrogen and oxygen atoms in total. The van der Waals surface area contributed by atoms with Crippen molar-refractivity contribution in [1.82, 2.24) is 0 Å². The van der Waals surface area contributed by atoms with Crippen LogP contribution in [-0.4, -0.2) is 40.8 Å². The van der Waals surface area contributed by atoms with Crippen LogP contribution in [-0.2, 0) is 14.3 Å². The molecular weight excluding hydrogens is 224 g/mol. The van der Waals surface area contributed by atoms with Crippen LogP contribution in [0.2, 0.25) is 0 Å². The van der Waals surface area contributed by atoms with Crippen molar-refractivity contribution in [2.45, 2.75) is 50.9 Å². The highest BCUT2D eigenvalue weighted by Gasteiger charge is 2.54. The van der Waals surface area contributed by atoms with Gasteiger partial charge in [0.2, 0.25) is 0 Å². The third kappa shape index (κ3) is 1.96. The van der Waals surface area contributed by atoms with Gasteiger partial charge in [-0.25, -0.2) is 0 Å². The first-order chi connectivity index (χ1) is 7.81. The maximum atomic E-state index is 11.2. The Morgan fingerprint density at radius 1 is 1.12 bits per heavy atom. The van der Waals surface area contributed by atoms with Crippen LogP contribution < -0.4 is 0 Å². The van der Waals surface area contributed by atoms with Crippen LogP contribution in [0.15, 0.2) is 0 Å². The molecule has 2 fully saturated rings. The summed E-state index contributed by atoms with van der Waals surface area (Å²) >= 11 is 0. The van der Waals surface area contributed by atoms with E-state index in [2.05, 4.69) is 0 Å². The van der Waals surface area contributed by atoms with E-state index in [0.29, 0.717) is 38.9 Å². The van der Waals surface area contributed by atoms with Gasteiger partial charge in [-0.05, 0) is 26.7 Å². The van der Waals surface area contributed by atoms with Crippen molar-refractivity contribution in [3.63, 3.8) is 0 Å². The lowest BCUT2D eigenvalue weighted by Crippen LogP contribution is -2.54. The van der Waals surface area contributed by atoms with Gasteiger partial charge in [-0.3, -0.25) is 4.79 Å². The number of rotatable bonds is 2. The quantitative estimate of drug-likeness (QED) is 0.762. The maximum Gasteiger partial charge on any atom is 0.312 e. The van der Waals surface area contributed by atoms with Crippen molar-refractivity contribution in [3.8, 4) is 0 Å². The molecule has 17 heavy (non-hydrogen) atoms. The van der Waals surface area contributed by atoms with Crippen molar-refractivity contribution in [3.05, 3.63) is 0 Å². The minimum absolute atomic E-state index is 0.395. The Morgan fingerprint density at radius 2 is 1.59 bits per heavy atom. The first-order valence-corrected chi connectivity index (χ1v) is 6.05. The summed E-state index contributed by atoms with van der Waals surface area (Å²) in [4.78, 5) is 11.2. The van der Waals surface area contributed by atoms with E-state index >= 15 is 0 Å². The predicted molar refractivity (Wildman–Crippen MR) is 59.5 cm³/mol. The largest absolute Gasteiger partial charge is 0.481 e. The molecule has 1 saturated heterocycles. The van der Waals surface area contributed by atoms with E-state index in [1.54, 1.807) is 13.8 Å². The third-order valence-electron chi connectivity index (χ3n) is 4.35. The second kappa shape index (κ2) is 3.93. The molecule has 2 N–H and O–H groups in total. The monoisotopic (exact) mass is 244 g/mol. The number of carbonyl (C=O) groups is 1. The van der Waals surface area contributed by atoms with Gasteiger partial charge in [0.15, 0.2) is 5.79 Å². The second-order valence-corrected chi connectivity index (χ2v) is 5.57. The number of hydrogen-bond donors (Lipinski definition) is 2. The third-order valence-corrected chi connectivity index (χ3v) is 4.35. The van der Waals surface area contributed by atoms with Gasteiger partial charge >= 0.3 is 5.97 Å². The molecule has 2 rings (SSSR count). The van der Waals surface area contributed by atoms with Gasteiger partial charge in [-0.1, -0.05) is 0 Å². The number of hydrogen-bond acceptors (Lipinski definition) is 4. The Bertz CT molecular complexity index is 307. The molecule has 2 aliphatic rings. The summed E-state index contributed by atoms with van der Waals surface area (Å²) < 4.78 is 11.1. The van der Waals surface area contributed by atoms with Gasteiger partial charge in [0.25, 0.3) is 0 Å². The normalized spacial score (nSPS) is 27.2. The van der Waals surface area contributed by atoms with Gasteiger partial charge in [0.1, 0.15) is 0 Å². The first kappa shape index (κ1) is 12.8. The summed E-state index contributed by atoms with van der Waals surface area (Å²) in [6.45, 7) is 4.31. The molecular formula is C12H20O5. The van der Waals surface area contributed by atoms with E-state index in [1.807, 2.05) is 0 Å². The summed E-state index contributed by atoms with van der Waals surface area (Å²) in [5.74, 6) is -1.54. The van der Waals surface area contributed by atoms with E-state index in [-0.39, 0.29) is 0 Å². The van der Waals surface area contributed by atoms with Gasteiger partial charge < -0.3 is 19.7 Å². The molecule has 0 unspecified atom stereocenters. The molecule has 98 valence electrons. The maximum absolute atomic E-state index is 11.2. The molecule has 0 aromatic heterocycles. The predicted octanol–water partition coefficient (Wildman–Crippen LogP) is 1.15. The van der Waals surface area contributed by atoms with Gasteiger partial charge in [-0.2, -0.15) is 0 Å². The van der Waals surface area contributed by atoms with Crippen LogP contribution in [0.3, 0.4) is 0 Å². The number of aliphatic carboxylic acids is 1. The van der Waals surface area contributed by atoms with Crippen LogP contribution in [0.5, 0.6) is 0 Å². The molecule has 0 amide bonds. The van der Waals surface area contributed by atoms with Crippen molar-refractivity contribution < 1.29 is 24.5 Å². The van der Waals surface area contributed by atoms with Crippen LogP contribution in [0, 0.1) is 5.41 Å². The Balaban J connectivity index is 2.09. The van der Waals surface area contributed by atoms with Crippen molar-refractivity contribution in [2.24, 2.45) is 5.41 Å². The first-order valence-electron chi connectivity index (χ1n) is 6.05. The molecule has 1 heterocycles. The van der Waals surface area contributed by atoms with Crippen molar-refractivity contribution in [1.29, 1.82) is 0 Å². The molecule has 1 saturated carbocycles. The van der Waals surface area contributed by atoms with Crippen LogP contribution in [0.1, 0.15) is 39.5 Å². The van der Waals surface area contributed by atoms with Crippen LogP contribution in [0.4, 0.5) is 0 Å². The van der Waals surface area contributed by atoms with E-state index in [9.17, 15) is 15.0 Å². The Morgan fingerprint density at radius 3 is 2.00 bits per heavy atom. The lowest BCUT2D eigenvalue weighted by Gasteiger charge is -2.46. The summed E-state index contributed by atoms with van der Waals surface area (Å²) in [5, 5.41) is 19.7. The number of ether oxygens (including phenoxy) is 2. The van der Waals surface area contributed by atoms with E-state index in [1.165, 1.54) is 0 Å². The van der Waals surface area contributed by atoms with Crippen LogP contribution in [0.25, 0.3) is 0 Å². The average molecular weight is 244 g/mol. The second-order valence-electron chi connectivity index (χ2n) is 5.57. The highest BCUT2D eigenvalue weighted by Crippen LogP contribution is 2.47. The van der Waals surface area contributed by atoms with E-state index in [0.717, 1.165) is 0 Å². The summed E-state index contributed by atoms with van der Waals surface area (Å²) in [7, 11) is 0. The molecule has 0 aromatic rings. The molecule has 0 atom stereocenters. The molecule has 0 aromatic carbocycles. The standard InChI is InChI=1S/C12H20O5/c1-10(2,9(13)14)11(15)3-5-12(6-4-11)16-7-8-17-12/h15H,3-8H2,1-2H3,(H,13,14). The van der Waals surface area contributed by atoms with Crippen LogP contribution >= 0.6 is 0 Å². The molecule has 5 heteroatoms. The fourth-order valence-corrected chi connectivity index (χ4v) is 2.65. The number of carboxylic acid groups (broad SMARTS) is 1. The zero-order valence-corrected chi connectivity index (χ0v) is 10.4. The van der Waals surface area contributed by atoms with Crippen molar-refractivity contribution in [2.75, 3.05) is 13.2 Å². The number of aliphatic hydroxyl groups is 1. The molecule has 1 spiro atoms.